The lowest BCUT2D eigenvalue weighted by Gasteiger charge is -2.21. The molecule has 0 spiro atoms. The van der Waals surface area contributed by atoms with Crippen molar-refractivity contribution in [2.24, 2.45) is 0 Å². The van der Waals surface area contributed by atoms with E-state index in [1.165, 1.54) is 0 Å². The first-order valence-electron chi connectivity index (χ1n) is 18.1. The molecule has 10 rings (SSSR count). The van der Waals surface area contributed by atoms with Crippen LogP contribution in [-0.2, 0) is 0 Å². The van der Waals surface area contributed by atoms with Crippen molar-refractivity contribution in [2.75, 3.05) is 0 Å². The summed E-state index contributed by atoms with van der Waals surface area (Å²) < 4.78 is 4.83. The fraction of sp³-hybridized carbons (Fsp3) is 0. The third kappa shape index (κ3) is 5.00. The molecule has 0 amide bonds. The van der Waals surface area contributed by atoms with E-state index in [0.29, 0.717) is 11.1 Å². The number of benzene rings is 8. The van der Waals surface area contributed by atoms with Crippen molar-refractivity contribution in [1.82, 2.24) is 9.13 Å². The molecule has 0 saturated heterocycles. The Bertz CT molecular complexity index is 3090. The number of aromatic nitrogens is 2. The van der Waals surface area contributed by atoms with Crippen LogP contribution in [0.5, 0.6) is 0 Å². The van der Waals surface area contributed by atoms with Crippen LogP contribution in [0.3, 0.4) is 0 Å². The van der Waals surface area contributed by atoms with Gasteiger partial charge in [0.25, 0.3) is 0 Å². The average molecular weight is 693 g/mol. The quantitative estimate of drug-likeness (QED) is 0.156. The van der Waals surface area contributed by atoms with Gasteiger partial charge < -0.3 is 9.13 Å². The van der Waals surface area contributed by atoms with Gasteiger partial charge in [-0.05, 0) is 82.4 Å². The van der Waals surface area contributed by atoms with E-state index < -0.39 is 0 Å². The molecule has 2 aromatic heterocycles. The number of fused-ring (bicyclic) bond motifs is 6. The van der Waals surface area contributed by atoms with Gasteiger partial charge in [0.05, 0.1) is 33.4 Å². The Morgan fingerprint density at radius 2 is 0.796 bits per heavy atom. The maximum absolute atomic E-state index is 11.7. The van der Waals surface area contributed by atoms with Crippen molar-refractivity contribution in [1.29, 1.82) is 0 Å². The van der Waals surface area contributed by atoms with Crippen LogP contribution in [0, 0.1) is 0 Å². The molecule has 10 aromatic rings. The molecule has 0 aliphatic rings. The van der Waals surface area contributed by atoms with Crippen LogP contribution in [0.25, 0.3) is 88.4 Å². The van der Waals surface area contributed by atoms with Crippen LogP contribution < -0.4 is 0 Å². The first-order valence-corrected chi connectivity index (χ1v) is 18.1. The predicted octanol–water partition coefficient (Wildman–Crippen LogP) is 12.5. The van der Waals surface area contributed by atoms with Gasteiger partial charge in [-0.25, -0.2) is 0 Å². The summed E-state index contributed by atoms with van der Waals surface area (Å²) in [6, 6.07) is 63.3. The van der Waals surface area contributed by atoms with Crippen LogP contribution in [-0.4, -0.2) is 21.7 Å². The van der Waals surface area contributed by atoms with E-state index in [-0.39, 0.29) is 0 Å². The van der Waals surface area contributed by atoms with Gasteiger partial charge in [0.15, 0.2) is 0 Å². The highest BCUT2D eigenvalue weighted by Gasteiger charge is 2.23. The molecular weight excluding hydrogens is 661 g/mol. The zero-order valence-corrected chi connectivity index (χ0v) is 29.2. The van der Waals surface area contributed by atoms with E-state index in [1.807, 2.05) is 36.4 Å². The fourth-order valence-electron chi connectivity index (χ4n) is 8.19. The highest BCUT2D eigenvalue weighted by Crippen LogP contribution is 2.43. The second kappa shape index (κ2) is 12.7. The molecule has 0 fully saturated rings. The molecule has 0 N–H and O–H groups in total. The third-order valence-corrected chi connectivity index (χ3v) is 10.6. The minimum Gasteiger partial charge on any atom is -0.307 e. The van der Waals surface area contributed by atoms with Crippen LogP contribution >= 0.6 is 0 Å². The van der Waals surface area contributed by atoms with Gasteiger partial charge in [0.1, 0.15) is 12.6 Å². The lowest BCUT2D eigenvalue weighted by Crippen LogP contribution is -2.05. The molecule has 0 aliphatic heterocycles. The standard InChI is InChI=1S/C50H32N2O2/c53-31-33-11-8-15-36(27-33)38-23-25-47-43(29-38)41-17-4-6-20-45(41)51(47)49-22-10-19-40(35-13-2-1-3-14-35)50(49)52-46-21-7-5-18-42(46)44-30-39(24-26-48(44)52)37-16-9-12-34(28-37)32-54/h1-32H. The molecule has 4 nitrogen and oxygen atoms in total. The molecule has 2 heterocycles. The molecular formula is C50H32N2O2. The smallest absolute Gasteiger partial charge is 0.150 e. The molecule has 54 heavy (non-hydrogen) atoms. The number of rotatable bonds is 7. The minimum atomic E-state index is 0.657. The van der Waals surface area contributed by atoms with Crippen LogP contribution in [0.15, 0.2) is 182 Å². The van der Waals surface area contributed by atoms with Crippen LogP contribution in [0.1, 0.15) is 20.7 Å². The lowest BCUT2D eigenvalue weighted by molar-refractivity contribution is 0.111. The second-order valence-electron chi connectivity index (χ2n) is 13.7. The first-order chi connectivity index (χ1) is 26.7. The van der Waals surface area contributed by atoms with Gasteiger partial charge in [-0.2, -0.15) is 0 Å². The molecule has 0 unspecified atom stereocenters. The summed E-state index contributed by atoms with van der Waals surface area (Å²) in [6.45, 7) is 0. The van der Waals surface area contributed by atoms with Crippen molar-refractivity contribution in [3.05, 3.63) is 193 Å². The number of nitrogens with zero attached hydrogens (tertiary/aromatic N) is 2. The van der Waals surface area contributed by atoms with Gasteiger partial charge in [-0.3, -0.25) is 9.59 Å². The number of para-hydroxylation sites is 3. The van der Waals surface area contributed by atoms with Crippen molar-refractivity contribution in [3.63, 3.8) is 0 Å². The van der Waals surface area contributed by atoms with Gasteiger partial charge in [-0.1, -0.05) is 127 Å². The summed E-state index contributed by atoms with van der Waals surface area (Å²) in [5, 5.41) is 4.58. The Labute approximate surface area is 311 Å². The van der Waals surface area contributed by atoms with Gasteiger partial charge >= 0.3 is 0 Å². The number of hydrogen-bond acceptors (Lipinski definition) is 2. The second-order valence-corrected chi connectivity index (χ2v) is 13.7. The lowest BCUT2D eigenvalue weighted by atomic mass is 10.0. The molecule has 4 heteroatoms. The first kappa shape index (κ1) is 31.4. The van der Waals surface area contributed by atoms with Gasteiger partial charge in [-0.15, -0.1) is 0 Å². The Hall–Kier alpha value is -7.30. The van der Waals surface area contributed by atoms with Gasteiger partial charge in [0, 0.05) is 38.2 Å². The summed E-state index contributed by atoms with van der Waals surface area (Å²) in [7, 11) is 0. The summed E-state index contributed by atoms with van der Waals surface area (Å²) in [6.07, 6.45) is 1.80. The summed E-state index contributed by atoms with van der Waals surface area (Å²) in [5.41, 5.74) is 14.2. The highest BCUT2D eigenvalue weighted by atomic mass is 16.1. The monoisotopic (exact) mass is 692 g/mol. The maximum Gasteiger partial charge on any atom is 0.150 e. The van der Waals surface area contributed by atoms with Crippen molar-refractivity contribution >= 4 is 56.2 Å². The largest absolute Gasteiger partial charge is 0.307 e. The van der Waals surface area contributed by atoms with Crippen molar-refractivity contribution in [2.45, 2.75) is 0 Å². The molecule has 8 aromatic carbocycles. The SMILES string of the molecule is O=Cc1cccc(-c2ccc3c(c2)c2ccccc2n3-c2cccc(-c3ccccc3)c2-n2c3ccccc3c3cc(-c4cccc(C=O)c4)ccc32)c1. The highest BCUT2D eigenvalue weighted by molar-refractivity contribution is 6.13. The van der Waals surface area contributed by atoms with E-state index in [4.69, 9.17) is 0 Å². The van der Waals surface area contributed by atoms with E-state index in [1.54, 1.807) is 0 Å². The maximum atomic E-state index is 11.7. The molecule has 0 atom stereocenters. The molecule has 0 saturated carbocycles. The molecule has 0 aliphatic carbocycles. The van der Waals surface area contributed by atoms with Crippen molar-refractivity contribution < 1.29 is 9.59 Å². The van der Waals surface area contributed by atoms with E-state index in [9.17, 15) is 9.59 Å². The minimum absolute atomic E-state index is 0.657. The van der Waals surface area contributed by atoms with E-state index in [0.717, 1.165) is 101 Å². The summed E-state index contributed by atoms with van der Waals surface area (Å²) in [4.78, 5) is 23.3. The Morgan fingerprint density at radius 3 is 1.39 bits per heavy atom. The molecule has 254 valence electrons. The van der Waals surface area contributed by atoms with E-state index in [2.05, 4.69) is 155 Å². The van der Waals surface area contributed by atoms with Gasteiger partial charge in [0.2, 0.25) is 0 Å². The molecule has 0 radical (unpaired) electrons. The number of carbonyl (C=O) groups excluding carboxylic acids is 2. The van der Waals surface area contributed by atoms with Crippen LogP contribution in [0.4, 0.5) is 0 Å². The zero-order valence-electron chi connectivity index (χ0n) is 29.2. The number of aldehydes is 2. The Balaban J connectivity index is 1.29. The zero-order chi connectivity index (χ0) is 36.2. The predicted molar refractivity (Wildman–Crippen MR) is 222 cm³/mol. The number of hydrogen-bond donors (Lipinski definition) is 0. The fourth-order valence-corrected chi connectivity index (χ4v) is 8.19. The molecule has 0 bridgehead atoms. The van der Waals surface area contributed by atoms with Crippen molar-refractivity contribution in [3.8, 4) is 44.8 Å². The van der Waals surface area contributed by atoms with E-state index >= 15 is 0 Å². The van der Waals surface area contributed by atoms with Crippen LogP contribution in [0.2, 0.25) is 0 Å². The Kier molecular flexibility index (Phi) is 7.41. The summed E-state index contributed by atoms with van der Waals surface area (Å²) in [5.74, 6) is 0. The topological polar surface area (TPSA) is 44.0 Å². The average Bonchev–Trinajstić information content (AvgIpc) is 3.75. The number of carbonyl (C=O) groups is 2. The Morgan fingerprint density at radius 1 is 0.333 bits per heavy atom. The third-order valence-electron chi connectivity index (χ3n) is 10.6. The normalized spacial score (nSPS) is 11.5. The summed E-state index contributed by atoms with van der Waals surface area (Å²) >= 11 is 0.